The van der Waals surface area contributed by atoms with Crippen LogP contribution in [0.5, 0.6) is 0 Å². The molecule has 0 aromatic heterocycles. The Bertz CT molecular complexity index is 195. The van der Waals surface area contributed by atoms with Gasteiger partial charge in [0.15, 0.2) is 0 Å². The quantitative estimate of drug-likeness (QED) is 0.582. The Morgan fingerprint density at radius 3 is 2.60 bits per heavy atom. The van der Waals surface area contributed by atoms with Gasteiger partial charge in [-0.1, -0.05) is 6.92 Å². The number of ether oxygens (including phenoxy) is 1. The number of rotatable bonds is 1. The van der Waals surface area contributed by atoms with E-state index in [-0.39, 0.29) is 5.78 Å². The smallest absolute Gasteiger partial charge is 0.271 e. The molecule has 1 heterocycles. The standard InChI is InChI=1S/C7H10O3/c1-3-7(9)6(8)4-5(2)10-7/h4,9H,3H2,1-2H3. The maximum absolute atomic E-state index is 10.9. The van der Waals surface area contributed by atoms with Gasteiger partial charge in [0.1, 0.15) is 5.76 Å². The minimum Gasteiger partial charge on any atom is -0.459 e. The van der Waals surface area contributed by atoms with Crippen molar-refractivity contribution < 1.29 is 14.6 Å². The Morgan fingerprint density at radius 1 is 1.80 bits per heavy atom. The first kappa shape index (κ1) is 7.28. The van der Waals surface area contributed by atoms with Crippen LogP contribution >= 0.6 is 0 Å². The van der Waals surface area contributed by atoms with Gasteiger partial charge in [0.05, 0.1) is 0 Å². The molecule has 0 amide bonds. The first-order valence-electron chi connectivity index (χ1n) is 3.22. The lowest BCUT2D eigenvalue weighted by Gasteiger charge is -2.18. The summed E-state index contributed by atoms with van der Waals surface area (Å²) in [5, 5.41) is 9.32. The Balaban J connectivity index is 2.81. The van der Waals surface area contributed by atoms with E-state index >= 15 is 0 Å². The highest BCUT2D eigenvalue weighted by molar-refractivity contribution is 5.97. The molecular formula is C7H10O3. The van der Waals surface area contributed by atoms with Gasteiger partial charge in [0.25, 0.3) is 5.79 Å². The molecular weight excluding hydrogens is 132 g/mol. The average molecular weight is 142 g/mol. The van der Waals surface area contributed by atoms with Crippen molar-refractivity contribution in [2.45, 2.75) is 26.1 Å². The highest BCUT2D eigenvalue weighted by Gasteiger charge is 2.39. The topological polar surface area (TPSA) is 46.5 Å². The zero-order valence-electron chi connectivity index (χ0n) is 6.05. The minimum atomic E-state index is -1.57. The Labute approximate surface area is 59.3 Å². The highest BCUT2D eigenvalue weighted by atomic mass is 16.6. The van der Waals surface area contributed by atoms with Crippen LogP contribution in [-0.2, 0) is 9.53 Å². The summed E-state index contributed by atoms with van der Waals surface area (Å²) in [4.78, 5) is 10.9. The van der Waals surface area contributed by atoms with Crippen LogP contribution in [0.25, 0.3) is 0 Å². The summed E-state index contributed by atoms with van der Waals surface area (Å²) in [5.74, 6) is -1.44. The van der Waals surface area contributed by atoms with E-state index in [2.05, 4.69) is 0 Å². The first-order valence-corrected chi connectivity index (χ1v) is 3.22. The number of hydrogen-bond acceptors (Lipinski definition) is 3. The van der Waals surface area contributed by atoms with E-state index in [0.717, 1.165) is 0 Å². The van der Waals surface area contributed by atoms with Crippen LogP contribution in [0, 0.1) is 0 Å². The van der Waals surface area contributed by atoms with Crippen molar-refractivity contribution >= 4 is 5.78 Å². The summed E-state index contributed by atoms with van der Waals surface area (Å²) < 4.78 is 4.88. The number of allylic oxidation sites excluding steroid dienone is 1. The third kappa shape index (κ3) is 0.926. The number of carbonyl (C=O) groups excluding carboxylic acids is 1. The number of hydrogen-bond donors (Lipinski definition) is 1. The molecule has 0 bridgehead atoms. The van der Waals surface area contributed by atoms with Crippen LogP contribution in [0.3, 0.4) is 0 Å². The molecule has 0 aliphatic carbocycles. The van der Waals surface area contributed by atoms with Gasteiger partial charge in [-0.05, 0) is 6.92 Å². The van der Waals surface area contributed by atoms with Crippen molar-refractivity contribution in [2.75, 3.05) is 0 Å². The predicted molar refractivity (Wildman–Crippen MR) is 35.1 cm³/mol. The summed E-state index contributed by atoms with van der Waals surface area (Å²) >= 11 is 0. The number of ketones is 1. The van der Waals surface area contributed by atoms with Crippen LogP contribution in [0.2, 0.25) is 0 Å². The maximum Gasteiger partial charge on any atom is 0.271 e. The molecule has 10 heavy (non-hydrogen) atoms. The van der Waals surface area contributed by atoms with Gasteiger partial charge >= 0.3 is 0 Å². The third-order valence-electron chi connectivity index (χ3n) is 1.53. The number of aliphatic hydroxyl groups is 1. The molecule has 56 valence electrons. The molecule has 3 heteroatoms. The van der Waals surface area contributed by atoms with Crippen molar-refractivity contribution in [3.8, 4) is 0 Å². The highest BCUT2D eigenvalue weighted by Crippen LogP contribution is 2.24. The molecule has 1 atom stereocenters. The second-order valence-electron chi connectivity index (χ2n) is 2.36. The van der Waals surface area contributed by atoms with Crippen molar-refractivity contribution in [1.82, 2.24) is 0 Å². The molecule has 0 fully saturated rings. The molecule has 1 rings (SSSR count). The van der Waals surface area contributed by atoms with Gasteiger partial charge in [-0.3, -0.25) is 4.79 Å². The predicted octanol–water partition coefficient (Wildman–Crippen LogP) is 0.588. The fourth-order valence-corrected chi connectivity index (χ4v) is 0.890. The van der Waals surface area contributed by atoms with Gasteiger partial charge < -0.3 is 9.84 Å². The van der Waals surface area contributed by atoms with Gasteiger partial charge in [-0.15, -0.1) is 0 Å². The van der Waals surface area contributed by atoms with Gasteiger partial charge in [0, 0.05) is 12.5 Å². The summed E-state index contributed by atoms with van der Waals surface area (Å²) in [6.45, 7) is 3.34. The summed E-state index contributed by atoms with van der Waals surface area (Å²) in [6.07, 6.45) is 1.60. The average Bonchev–Trinajstić information content (AvgIpc) is 2.09. The van der Waals surface area contributed by atoms with Gasteiger partial charge in [-0.25, -0.2) is 0 Å². The summed E-state index contributed by atoms with van der Waals surface area (Å²) in [5.41, 5.74) is 0. The zero-order valence-corrected chi connectivity index (χ0v) is 6.05. The van der Waals surface area contributed by atoms with E-state index in [1.807, 2.05) is 0 Å². The largest absolute Gasteiger partial charge is 0.459 e. The van der Waals surface area contributed by atoms with Crippen LogP contribution < -0.4 is 0 Å². The molecule has 1 N–H and O–H groups in total. The lowest BCUT2D eigenvalue weighted by Crippen LogP contribution is -2.34. The summed E-state index contributed by atoms with van der Waals surface area (Å²) in [6, 6.07) is 0. The molecule has 1 aliphatic rings. The normalized spacial score (nSPS) is 31.9. The van der Waals surface area contributed by atoms with Crippen molar-refractivity contribution in [1.29, 1.82) is 0 Å². The second-order valence-corrected chi connectivity index (χ2v) is 2.36. The zero-order chi connectivity index (χ0) is 7.78. The molecule has 0 saturated heterocycles. The molecule has 3 nitrogen and oxygen atoms in total. The van der Waals surface area contributed by atoms with Crippen LogP contribution in [0.15, 0.2) is 11.8 Å². The van der Waals surface area contributed by atoms with E-state index in [1.165, 1.54) is 6.08 Å². The Hall–Kier alpha value is -0.830. The Kier molecular flexibility index (Phi) is 1.52. The Morgan fingerprint density at radius 2 is 2.40 bits per heavy atom. The fourth-order valence-electron chi connectivity index (χ4n) is 0.890. The molecule has 0 radical (unpaired) electrons. The van der Waals surface area contributed by atoms with Gasteiger partial charge in [-0.2, -0.15) is 0 Å². The van der Waals surface area contributed by atoms with Crippen molar-refractivity contribution in [3.63, 3.8) is 0 Å². The molecule has 0 spiro atoms. The lowest BCUT2D eigenvalue weighted by molar-refractivity contribution is -0.177. The van der Waals surface area contributed by atoms with E-state index in [0.29, 0.717) is 12.2 Å². The second kappa shape index (κ2) is 2.09. The van der Waals surface area contributed by atoms with E-state index < -0.39 is 5.79 Å². The minimum absolute atomic E-state index is 0.291. The monoisotopic (exact) mass is 142 g/mol. The fraction of sp³-hybridized carbons (Fsp3) is 0.571. The maximum atomic E-state index is 10.9. The molecule has 1 aliphatic heterocycles. The molecule has 1 unspecified atom stereocenters. The molecule has 0 aromatic carbocycles. The van der Waals surface area contributed by atoms with Gasteiger partial charge in [0.2, 0.25) is 5.78 Å². The molecule has 0 saturated carbocycles. The van der Waals surface area contributed by atoms with E-state index in [9.17, 15) is 9.90 Å². The number of carbonyl (C=O) groups is 1. The van der Waals surface area contributed by atoms with E-state index in [1.54, 1.807) is 13.8 Å². The third-order valence-corrected chi connectivity index (χ3v) is 1.53. The van der Waals surface area contributed by atoms with Crippen molar-refractivity contribution in [3.05, 3.63) is 11.8 Å². The summed E-state index contributed by atoms with van der Waals surface area (Å²) in [7, 11) is 0. The molecule has 0 aromatic rings. The van der Waals surface area contributed by atoms with Crippen LogP contribution in [0.4, 0.5) is 0 Å². The van der Waals surface area contributed by atoms with Crippen LogP contribution in [-0.4, -0.2) is 16.7 Å². The SMILES string of the molecule is CCC1(O)OC(C)=CC1=O. The lowest BCUT2D eigenvalue weighted by atomic mass is 10.1. The van der Waals surface area contributed by atoms with Crippen LogP contribution in [0.1, 0.15) is 20.3 Å². The van der Waals surface area contributed by atoms with Crippen molar-refractivity contribution in [2.24, 2.45) is 0 Å². The first-order chi connectivity index (χ1) is 4.58. The van der Waals surface area contributed by atoms with E-state index in [4.69, 9.17) is 4.74 Å².